The van der Waals surface area contributed by atoms with E-state index in [1.165, 1.54) is 23.4 Å². The van der Waals surface area contributed by atoms with E-state index in [1.54, 1.807) is 0 Å². The van der Waals surface area contributed by atoms with E-state index in [-0.39, 0.29) is 24.8 Å². The Morgan fingerprint density at radius 2 is 2.03 bits per heavy atom. The Balaban J connectivity index is 0.00000120. The topological polar surface area (TPSA) is 50.9 Å². The van der Waals surface area contributed by atoms with E-state index >= 15 is 0 Å². The van der Waals surface area contributed by atoms with Crippen molar-refractivity contribution >= 4 is 36.2 Å². The largest absolute Gasteiger partial charge is 0.326 e. The third kappa shape index (κ3) is 4.86. The van der Waals surface area contributed by atoms with Crippen molar-refractivity contribution in [2.75, 3.05) is 19.6 Å². The minimum absolute atomic E-state index is 0. The van der Waals surface area contributed by atoms with Gasteiger partial charge in [-0.05, 0) is 43.3 Å². The van der Waals surface area contributed by atoms with Crippen molar-refractivity contribution < 1.29 is 0 Å². The molecule has 2 aliphatic heterocycles. The van der Waals surface area contributed by atoms with Crippen LogP contribution in [0.1, 0.15) is 35.9 Å². The first-order valence-corrected chi connectivity index (χ1v) is 10.8. The summed E-state index contributed by atoms with van der Waals surface area (Å²) in [6, 6.07) is 7.11. The summed E-state index contributed by atoms with van der Waals surface area (Å²) in [6.45, 7) is 6.33. The summed E-state index contributed by atoms with van der Waals surface area (Å²) in [5, 5.41) is 10.5. The molecule has 0 atom stereocenters. The molecule has 6 nitrogen and oxygen atoms in total. The molecule has 1 fully saturated rings. The van der Waals surface area contributed by atoms with E-state index in [2.05, 4.69) is 54.2 Å². The number of halogens is 2. The number of aryl methyl sites for hydroxylation is 1. The summed E-state index contributed by atoms with van der Waals surface area (Å²) in [5.41, 5.74) is 2.28. The maximum Gasteiger partial charge on any atom is 0.160 e. The summed E-state index contributed by atoms with van der Waals surface area (Å²) in [6.07, 6.45) is 7.53. The number of hydrogen-bond donors (Lipinski definition) is 1. The number of likely N-dealkylation sites (tertiary alicyclic amines) is 1. The number of piperidine rings is 1. The zero-order valence-electron chi connectivity index (χ0n) is 16.4. The molecule has 0 spiro atoms. The first kappa shape index (κ1) is 22.3. The van der Waals surface area contributed by atoms with Crippen LogP contribution in [0.3, 0.4) is 0 Å². The van der Waals surface area contributed by atoms with Gasteiger partial charge >= 0.3 is 0 Å². The highest BCUT2D eigenvalue weighted by Crippen LogP contribution is 2.29. The smallest absolute Gasteiger partial charge is 0.160 e. The molecular weight excluding hydrogens is 427 g/mol. The lowest BCUT2D eigenvalue weighted by Crippen LogP contribution is -2.34. The van der Waals surface area contributed by atoms with Gasteiger partial charge in [-0.25, -0.2) is 4.98 Å². The summed E-state index contributed by atoms with van der Waals surface area (Å²) >= 11 is 1.86. The highest BCUT2D eigenvalue weighted by atomic mass is 35.5. The van der Waals surface area contributed by atoms with Gasteiger partial charge in [0, 0.05) is 56.0 Å². The minimum Gasteiger partial charge on any atom is -0.326 e. The number of rotatable bonds is 4. The Labute approximate surface area is 188 Å². The molecule has 158 valence electrons. The molecule has 2 aliphatic rings. The predicted molar refractivity (Wildman–Crippen MR) is 122 cm³/mol. The first-order chi connectivity index (χ1) is 13.4. The van der Waals surface area contributed by atoms with Gasteiger partial charge in [-0.15, -0.1) is 36.2 Å². The van der Waals surface area contributed by atoms with Crippen molar-refractivity contribution in [3.8, 4) is 11.5 Å². The lowest BCUT2D eigenvalue weighted by atomic mass is 10.0. The molecule has 29 heavy (non-hydrogen) atoms. The monoisotopic (exact) mass is 454 g/mol. The minimum atomic E-state index is 0. The molecule has 0 unspecified atom stereocenters. The molecule has 9 heteroatoms. The van der Waals surface area contributed by atoms with E-state index in [0.29, 0.717) is 6.04 Å². The van der Waals surface area contributed by atoms with Gasteiger partial charge in [-0.2, -0.15) is 5.10 Å². The van der Waals surface area contributed by atoms with Crippen molar-refractivity contribution in [1.29, 1.82) is 0 Å². The number of aromatic nitrogens is 4. The summed E-state index contributed by atoms with van der Waals surface area (Å²) in [5.74, 6) is 1.02. The standard InChI is InChI=1S/C20H26N6S.2ClH/c1-3-18(27-12-1)15-24-9-4-16(5-10-24)25-11-7-22-20(25)19-13-17-14-21-6-2-8-26(17)23-19;;/h1,3,7,11-13,16,21H,2,4-6,8-10,14-15H2;2*1H. The number of nitrogens with one attached hydrogen (secondary N) is 1. The van der Waals surface area contributed by atoms with Crippen LogP contribution in [0.4, 0.5) is 0 Å². The van der Waals surface area contributed by atoms with Gasteiger partial charge in [0.05, 0.1) is 5.69 Å². The molecule has 3 aromatic rings. The van der Waals surface area contributed by atoms with Gasteiger partial charge in [-0.1, -0.05) is 6.07 Å². The molecule has 3 aromatic heterocycles. The summed E-state index contributed by atoms with van der Waals surface area (Å²) in [4.78, 5) is 8.70. The van der Waals surface area contributed by atoms with E-state index in [1.807, 2.05) is 17.5 Å². The number of imidazole rings is 1. The average Bonchev–Trinajstić information content (AvgIpc) is 3.42. The summed E-state index contributed by atoms with van der Waals surface area (Å²) < 4.78 is 4.51. The maximum absolute atomic E-state index is 4.86. The van der Waals surface area contributed by atoms with Crippen LogP contribution in [0.25, 0.3) is 11.5 Å². The quantitative estimate of drug-likeness (QED) is 0.647. The van der Waals surface area contributed by atoms with Gasteiger partial charge in [-0.3, -0.25) is 9.58 Å². The van der Waals surface area contributed by atoms with Crippen LogP contribution in [0.15, 0.2) is 36.0 Å². The molecule has 0 amide bonds. The van der Waals surface area contributed by atoms with E-state index in [4.69, 9.17) is 5.10 Å². The third-order valence-electron chi connectivity index (χ3n) is 5.70. The Hall–Kier alpha value is -1.38. The van der Waals surface area contributed by atoms with Crippen molar-refractivity contribution in [3.63, 3.8) is 0 Å². The molecule has 1 saturated heterocycles. The van der Waals surface area contributed by atoms with Crippen molar-refractivity contribution in [1.82, 2.24) is 29.5 Å². The van der Waals surface area contributed by atoms with Crippen LogP contribution in [-0.2, 0) is 19.6 Å². The zero-order valence-corrected chi connectivity index (χ0v) is 18.8. The Kier molecular flexibility index (Phi) is 7.76. The van der Waals surface area contributed by atoms with Crippen LogP contribution in [0.5, 0.6) is 0 Å². The Morgan fingerprint density at radius 1 is 1.17 bits per heavy atom. The van der Waals surface area contributed by atoms with Crippen LogP contribution in [0, 0.1) is 0 Å². The second-order valence-corrected chi connectivity index (χ2v) is 8.55. The number of fused-ring (bicyclic) bond motifs is 1. The number of nitrogens with zero attached hydrogens (tertiary/aromatic N) is 5. The van der Waals surface area contributed by atoms with E-state index in [0.717, 1.165) is 57.2 Å². The molecular formula is C20H28Cl2N6S. The van der Waals surface area contributed by atoms with E-state index < -0.39 is 0 Å². The molecule has 0 aromatic carbocycles. The van der Waals surface area contributed by atoms with Crippen molar-refractivity contribution in [2.45, 2.75) is 44.9 Å². The summed E-state index contributed by atoms with van der Waals surface area (Å²) in [7, 11) is 0. The molecule has 1 N–H and O–H groups in total. The molecule has 0 saturated carbocycles. The van der Waals surface area contributed by atoms with E-state index in [9.17, 15) is 0 Å². The predicted octanol–water partition coefficient (Wildman–Crippen LogP) is 3.98. The maximum atomic E-state index is 4.86. The Bertz CT molecular complexity index is 859. The van der Waals surface area contributed by atoms with Crippen molar-refractivity contribution in [3.05, 3.63) is 46.5 Å². The number of thiophene rings is 1. The van der Waals surface area contributed by atoms with Gasteiger partial charge in [0.2, 0.25) is 0 Å². The fourth-order valence-electron chi connectivity index (χ4n) is 4.26. The van der Waals surface area contributed by atoms with Crippen molar-refractivity contribution in [2.24, 2.45) is 0 Å². The van der Waals surface area contributed by atoms with Crippen LogP contribution in [0.2, 0.25) is 0 Å². The lowest BCUT2D eigenvalue weighted by Gasteiger charge is -2.32. The van der Waals surface area contributed by atoms with Crippen LogP contribution in [-0.4, -0.2) is 43.9 Å². The van der Waals surface area contributed by atoms with Crippen LogP contribution >= 0.6 is 36.2 Å². The molecule has 5 rings (SSSR count). The highest BCUT2D eigenvalue weighted by Gasteiger charge is 2.24. The SMILES string of the molecule is Cl.Cl.c1csc(CN2CCC(n3ccnc3-c3cc4n(n3)CCCNC4)CC2)c1. The second kappa shape index (κ2) is 10.1. The highest BCUT2D eigenvalue weighted by molar-refractivity contribution is 7.09. The van der Waals surface area contributed by atoms with Gasteiger partial charge in [0.1, 0.15) is 5.69 Å². The van der Waals surface area contributed by atoms with Gasteiger partial charge in [0.25, 0.3) is 0 Å². The molecule has 0 bridgehead atoms. The third-order valence-corrected chi connectivity index (χ3v) is 6.56. The average molecular weight is 455 g/mol. The normalized spacial score (nSPS) is 17.8. The first-order valence-electron chi connectivity index (χ1n) is 9.92. The van der Waals surface area contributed by atoms with Gasteiger partial charge < -0.3 is 9.88 Å². The zero-order chi connectivity index (χ0) is 18.1. The fraction of sp³-hybridized carbons (Fsp3) is 0.500. The molecule has 0 aliphatic carbocycles. The fourth-order valence-corrected chi connectivity index (χ4v) is 5.00. The van der Waals surface area contributed by atoms with Gasteiger partial charge in [0.15, 0.2) is 5.82 Å². The molecule has 0 radical (unpaired) electrons. The number of hydrogen-bond acceptors (Lipinski definition) is 5. The van der Waals surface area contributed by atoms with Crippen LogP contribution < -0.4 is 5.32 Å². The second-order valence-electron chi connectivity index (χ2n) is 7.52. The molecule has 5 heterocycles. The Morgan fingerprint density at radius 3 is 2.83 bits per heavy atom. The lowest BCUT2D eigenvalue weighted by molar-refractivity contribution is 0.181.